The average Bonchev–Trinajstić information content (AvgIpc) is 2.35. The van der Waals surface area contributed by atoms with Gasteiger partial charge in [-0.2, -0.15) is 0 Å². The second-order valence-electron chi connectivity index (χ2n) is 4.02. The molecule has 0 N–H and O–H groups in total. The van der Waals surface area contributed by atoms with E-state index in [1.807, 2.05) is 0 Å². The van der Waals surface area contributed by atoms with Crippen molar-refractivity contribution in [3.8, 4) is 0 Å². The fourth-order valence-electron chi connectivity index (χ4n) is 1.89. The van der Waals surface area contributed by atoms with E-state index in [4.69, 9.17) is 9.47 Å². The van der Waals surface area contributed by atoms with Crippen LogP contribution in [0.3, 0.4) is 0 Å². The van der Waals surface area contributed by atoms with E-state index in [-0.39, 0.29) is 0 Å². The third kappa shape index (κ3) is 2.93. The Balaban J connectivity index is 2.43. The zero-order valence-electron chi connectivity index (χ0n) is 9.12. The van der Waals surface area contributed by atoms with Gasteiger partial charge in [-0.15, -0.1) is 0 Å². The number of rotatable bonds is 4. The van der Waals surface area contributed by atoms with Crippen LogP contribution in [-0.4, -0.2) is 50.5 Å². The van der Waals surface area contributed by atoms with Crippen molar-refractivity contribution < 1.29 is 9.47 Å². The van der Waals surface area contributed by atoms with Crippen molar-refractivity contribution >= 4 is 0 Å². The third-order valence-electron chi connectivity index (χ3n) is 2.55. The smallest absolute Gasteiger partial charge is 0.0768 e. The number of methoxy groups -OCH3 is 1. The zero-order chi connectivity index (χ0) is 9.84. The molecule has 2 atom stereocenters. The van der Waals surface area contributed by atoms with Gasteiger partial charge in [-0.05, 0) is 27.3 Å². The van der Waals surface area contributed by atoms with Crippen molar-refractivity contribution in [2.45, 2.75) is 38.5 Å². The second-order valence-corrected chi connectivity index (χ2v) is 4.02. The zero-order valence-corrected chi connectivity index (χ0v) is 9.12. The van der Waals surface area contributed by atoms with Crippen molar-refractivity contribution in [3.05, 3.63) is 0 Å². The second kappa shape index (κ2) is 4.94. The van der Waals surface area contributed by atoms with Crippen LogP contribution in [0.5, 0.6) is 0 Å². The van der Waals surface area contributed by atoms with Crippen LogP contribution < -0.4 is 0 Å². The molecule has 0 aromatic heterocycles. The van der Waals surface area contributed by atoms with Crippen molar-refractivity contribution in [2.24, 2.45) is 0 Å². The van der Waals surface area contributed by atoms with E-state index >= 15 is 0 Å². The summed E-state index contributed by atoms with van der Waals surface area (Å²) in [6.07, 6.45) is 1.80. The first-order valence-corrected chi connectivity index (χ1v) is 4.99. The first kappa shape index (κ1) is 11.0. The summed E-state index contributed by atoms with van der Waals surface area (Å²) in [5, 5.41) is 0. The molecule has 1 aliphatic rings. The lowest BCUT2D eigenvalue weighted by molar-refractivity contribution is -0.0274. The van der Waals surface area contributed by atoms with Crippen molar-refractivity contribution in [1.29, 1.82) is 0 Å². The van der Waals surface area contributed by atoms with E-state index in [2.05, 4.69) is 25.8 Å². The van der Waals surface area contributed by atoms with Gasteiger partial charge in [-0.3, -0.25) is 4.90 Å². The number of likely N-dealkylation sites (N-methyl/N-ethyl adjacent to an activating group) is 1. The first-order valence-electron chi connectivity index (χ1n) is 4.99. The highest BCUT2D eigenvalue weighted by atomic mass is 16.5. The molecule has 0 saturated carbocycles. The Kier molecular flexibility index (Phi) is 4.16. The quantitative estimate of drug-likeness (QED) is 0.658. The summed E-state index contributed by atoms with van der Waals surface area (Å²) in [6, 6.07) is 0.437. The molecule has 13 heavy (non-hydrogen) atoms. The molecular weight excluding hydrogens is 166 g/mol. The molecule has 0 radical (unpaired) electrons. The molecule has 0 unspecified atom stereocenters. The number of nitrogens with zero attached hydrogens (tertiary/aromatic N) is 1. The third-order valence-corrected chi connectivity index (χ3v) is 2.55. The topological polar surface area (TPSA) is 21.7 Å². The minimum absolute atomic E-state index is 0.316. The Morgan fingerprint density at radius 1 is 1.46 bits per heavy atom. The normalized spacial score (nSPS) is 30.2. The van der Waals surface area contributed by atoms with Crippen molar-refractivity contribution in [3.63, 3.8) is 0 Å². The first-order chi connectivity index (χ1) is 6.15. The Labute approximate surface area is 81.0 Å². The molecule has 1 aliphatic heterocycles. The highest BCUT2D eigenvalue weighted by Crippen LogP contribution is 2.20. The summed E-state index contributed by atoms with van der Waals surface area (Å²) >= 11 is 0. The van der Waals surface area contributed by atoms with Crippen LogP contribution in [0.25, 0.3) is 0 Å². The van der Waals surface area contributed by atoms with E-state index in [0.717, 1.165) is 19.6 Å². The predicted molar refractivity (Wildman–Crippen MR) is 52.9 cm³/mol. The standard InChI is InChI=1S/C10H21NO2/c1-8(2)13-10-5-6-11(3)9(10)7-12-4/h8-10H,5-7H2,1-4H3/t9-,10-/m1/s1. The van der Waals surface area contributed by atoms with Gasteiger partial charge in [0.1, 0.15) is 0 Å². The van der Waals surface area contributed by atoms with Gasteiger partial charge in [-0.25, -0.2) is 0 Å². The fourth-order valence-corrected chi connectivity index (χ4v) is 1.89. The lowest BCUT2D eigenvalue weighted by atomic mass is 10.2. The summed E-state index contributed by atoms with van der Waals surface area (Å²) in [5.74, 6) is 0. The Bertz CT molecular complexity index is 150. The minimum atomic E-state index is 0.316. The molecule has 1 rings (SSSR count). The maximum absolute atomic E-state index is 5.83. The molecule has 0 aromatic carbocycles. The van der Waals surface area contributed by atoms with Crippen LogP contribution in [-0.2, 0) is 9.47 Å². The van der Waals surface area contributed by atoms with Gasteiger partial charge in [0.25, 0.3) is 0 Å². The van der Waals surface area contributed by atoms with E-state index in [9.17, 15) is 0 Å². The molecule has 0 aliphatic carbocycles. The van der Waals surface area contributed by atoms with Gasteiger partial charge in [0.2, 0.25) is 0 Å². The van der Waals surface area contributed by atoms with Gasteiger partial charge in [-0.1, -0.05) is 0 Å². The molecule has 0 aromatic rings. The van der Waals surface area contributed by atoms with Crippen molar-refractivity contribution in [1.82, 2.24) is 4.90 Å². The van der Waals surface area contributed by atoms with Crippen LogP contribution in [0.15, 0.2) is 0 Å². The molecule has 1 fully saturated rings. The summed E-state index contributed by atoms with van der Waals surface area (Å²) in [7, 11) is 3.88. The van der Waals surface area contributed by atoms with Gasteiger partial charge in [0.05, 0.1) is 24.9 Å². The summed E-state index contributed by atoms with van der Waals surface area (Å²) in [4.78, 5) is 2.32. The predicted octanol–water partition coefficient (Wildman–Crippen LogP) is 1.13. The molecule has 1 saturated heterocycles. The van der Waals surface area contributed by atoms with E-state index in [1.54, 1.807) is 7.11 Å². The van der Waals surface area contributed by atoms with Crippen molar-refractivity contribution in [2.75, 3.05) is 27.3 Å². The lowest BCUT2D eigenvalue weighted by Crippen LogP contribution is -2.38. The van der Waals surface area contributed by atoms with Crippen LogP contribution in [0.2, 0.25) is 0 Å². The monoisotopic (exact) mass is 187 g/mol. The maximum atomic E-state index is 5.83. The number of hydrogen-bond donors (Lipinski definition) is 0. The molecule has 1 heterocycles. The minimum Gasteiger partial charge on any atom is -0.383 e. The molecule has 78 valence electrons. The van der Waals surface area contributed by atoms with E-state index in [1.165, 1.54) is 0 Å². The largest absolute Gasteiger partial charge is 0.383 e. The Morgan fingerprint density at radius 3 is 2.69 bits per heavy atom. The Hall–Kier alpha value is -0.120. The summed E-state index contributed by atoms with van der Waals surface area (Å²) in [6.45, 7) is 6.06. The van der Waals surface area contributed by atoms with Gasteiger partial charge in [0.15, 0.2) is 0 Å². The molecule has 3 nitrogen and oxygen atoms in total. The fraction of sp³-hybridized carbons (Fsp3) is 1.00. The number of hydrogen-bond acceptors (Lipinski definition) is 3. The molecule has 0 bridgehead atoms. The number of ether oxygens (including phenoxy) is 2. The number of likely N-dealkylation sites (tertiary alicyclic amines) is 1. The van der Waals surface area contributed by atoms with Gasteiger partial charge < -0.3 is 9.47 Å². The molecule has 0 spiro atoms. The van der Waals surface area contributed by atoms with Gasteiger partial charge in [0, 0.05) is 13.7 Å². The molecular formula is C10H21NO2. The maximum Gasteiger partial charge on any atom is 0.0768 e. The average molecular weight is 187 g/mol. The van der Waals surface area contributed by atoms with Crippen LogP contribution in [0.1, 0.15) is 20.3 Å². The molecule has 3 heteroatoms. The van der Waals surface area contributed by atoms with E-state index < -0.39 is 0 Å². The van der Waals surface area contributed by atoms with Crippen LogP contribution in [0, 0.1) is 0 Å². The molecule has 0 amide bonds. The highest BCUT2D eigenvalue weighted by Gasteiger charge is 2.32. The van der Waals surface area contributed by atoms with Gasteiger partial charge >= 0.3 is 0 Å². The van der Waals surface area contributed by atoms with Crippen LogP contribution >= 0.6 is 0 Å². The summed E-state index contributed by atoms with van der Waals surface area (Å²) < 4.78 is 11.0. The SMILES string of the molecule is COC[C@@H]1[C@H](OC(C)C)CCN1C. The lowest BCUT2D eigenvalue weighted by Gasteiger charge is -2.25. The Morgan fingerprint density at radius 2 is 2.15 bits per heavy atom. The van der Waals surface area contributed by atoms with Crippen LogP contribution in [0.4, 0.5) is 0 Å². The highest BCUT2D eigenvalue weighted by molar-refractivity contribution is 4.86. The summed E-state index contributed by atoms with van der Waals surface area (Å²) in [5.41, 5.74) is 0. The van der Waals surface area contributed by atoms with E-state index in [0.29, 0.717) is 18.2 Å².